The molecule has 3 rings (SSSR count). The quantitative estimate of drug-likeness (QED) is 0.771. The minimum Gasteiger partial charge on any atom is -0.478 e. The maximum atomic E-state index is 12.2. The van der Waals surface area contributed by atoms with Gasteiger partial charge in [-0.3, -0.25) is 4.79 Å². The number of rotatable bonds is 5. The Morgan fingerprint density at radius 3 is 3.05 bits per heavy atom. The number of nitrogens with one attached hydrogen (secondary N) is 1. The first-order chi connectivity index (χ1) is 10.8. The SMILES string of the molecule is CCOc1ncccc1CNC(=O)c1ccc2nccn2n1. The van der Waals surface area contributed by atoms with Gasteiger partial charge in [0.15, 0.2) is 5.65 Å². The van der Waals surface area contributed by atoms with E-state index in [1.54, 1.807) is 41.3 Å². The van der Waals surface area contributed by atoms with E-state index in [9.17, 15) is 4.79 Å². The molecular formula is C15H15N5O2. The van der Waals surface area contributed by atoms with Crippen molar-refractivity contribution in [3.05, 3.63) is 54.1 Å². The summed E-state index contributed by atoms with van der Waals surface area (Å²) in [6.07, 6.45) is 4.99. The highest BCUT2D eigenvalue weighted by Gasteiger charge is 2.10. The Labute approximate surface area is 127 Å². The van der Waals surface area contributed by atoms with E-state index >= 15 is 0 Å². The largest absolute Gasteiger partial charge is 0.478 e. The van der Waals surface area contributed by atoms with Gasteiger partial charge in [-0.2, -0.15) is 5.10 Å². The monoisotopic (exact) mass is 297 g/mol. The Kier molecular flexibility index (Phi) is 3.95. The van der Waals surface area contributed by atoms with Crippen LogP contribution in [0.4, 0.5) is 0 Å². The Bertz CT molecular complexity index is 799. The van der Waals surface area contributed by atoms with Crippen LogP contribution < -0.4 is 10.1 Å². The maximum Gasteiger partial charge on any atom is 0.272 e. The molecule has 1 amide bonds. The summed E-state index contributed by atoms with van der Waals surface area (Å²) in [4.78, 5) is 20.4. The van der Waals surface area contributed by atoms with Gasteiger partial charge in [0.2, 0.25) is 5.88 Å². The van der Waals surface area contributed by atoms with Crippen molar-refractivity contribution in [1.29, 1.82) is 0 Å². The minimum atomic E-state index is -0.262. The molecule has 0 aliphatic heterocycles. The molecule has 0 radical (unpaired) electrons. The fraction of sp³-hybridized carbons (Fsp3) is 0.200. The Morgan fingerprint density at radius 1 is 1.27 bits per heavy atom. The van der Waals surface area contributed by atoms with Crippen LogP contribution in [0.25, 0.3) is 5.65 Å². The van der Waals surface area contributed by atoms with Crippen LogP contribution in [0.5, 0.6) is 5.88 Å². The molecule has 0 atom stereocenters. The normalized spacial score (nSPS) is 10.6. The molecule has 7 nitrogen and oxygen atoms in total. The van der Waals surface area contributed by atoms with Crippen molar-refractivity contribution in [1.82, 2.24) is 24.9 Å². The third-order valence-electron chi connectivity index (χ3n) is 3.06. The molecule has 0 saturated heterocycles. The highest BCUT2D eigenvalue weighted by molar-refractivity contribution is 5.92. The van der Waals surface area contributed by atoms with Crippen LogP contribution in [0.15, 0.2) is 42.9 Å². The van der Waals surface area contributed by atoms with E-state index < -0.39 is 0 Å². The van der Waals surface area contributed by atoms with Gasteiger partial charge in [-0.25, -0.2) is 14.5 Å². The van der Waals surface area contributed by atoms with Crippen molar-refractivity contribution in [2.45, 2.75) is 13.5 Å². The molecule has 3 aromatic heterocycles. The highest BCUT2D eigenvalue weighted by atomic mass is 16.5. The van der Waals surface area contributed by atoms with Gasteiger partial charge in [0, 0.05) is 30.7 Å². The second-order valence-electron chi connectivity index (χ2n) is 4.53. The molecule has 0 spiro atoms. The first kappa shape index (κ1) is 14.0. The number of carbonyl (C=O) groups is 1. The number of aromatic nitrogens is 4. The Hall–Kier alpha value is -2.96. The van der Waals surface area contributed by atoms with Crippen LogP contribution in [0, 0.1) is 0 Å². The molecule has 0 saturated carbocycles. The van der Waals surface area contributed by atoms with Crippen molar-refractivity contribution in [2.24, 2.45) is 0 Å². The van der Waals surface area contributed by atoms with E-state index in [2.05, 4.69) is 20.4 Å². The average molecular weight is 297 g/mol. The molecule has 3 aromatic rings. The summed E-state index contributed by atoms with van der Waals surface area (Å²) in [5.41, 5.74) is 1.84. The van der Waals surface area contributed by atoms with Crippen LogP contribution in [0.2, 0.25) is 0 Å². The number of ether oxygens (including phenoxy) is 1. The molecule has 0 aliphatic carbocycles. The zero-order valence-electron chi connectivity index (χ0n) is 12.1. The van der Waals surface area contributed by atoms with E-state index in [4.69, 9.17) is 4.74 Å². The summed E-state index contributed by atoms with van der Waals surface area (Å²) >= 11 is 0. The molecule has 0 fully saturated rings. The summed E-state index contributed by atoms with van der Waals surface area (Å²) in [5, 5.41) is 7.02. The molecule has 0 bridgehead atoms. The Morgan fingerprint density at radius 2 is 2.18 bits per heavy atom. The van der Waals surface area contributed by atoms with Crippen LogP contribution >= 0.6 is 0 Å². The van der Waals surface area contributed by atoms with Gasteiger partial charge in [0.05, 0.1) is 6.61 Å². The summed E-state index contributed by atoms with van der Waals surface area (Å²) in [7, 11) is 0. The minimum absolute atomic E-state index is 0.262. The molecule has 1 N–H and O–H groups in total. The zero-order valence-corrected chi connectivity index (χ0v) is 12.1. The number of carbonyl (C=O) groups excluding carboxylic acids is 1. The van der Waals surface area contributed by atoms with Crippen molar-refractivity contribution in [2.75, 3.05) is 6.61 Å². The lowest BCUT2D eigenvalue weighted by Gasteiger charge is -2.09. The topological polar surface area (TPSA) is 81.4 Å². The second kappa shape index (κ2) is 6.21. The fourth-order valence-corrected chi connectivity index (χ4v) is 2.03. The number of hydrogen-bond donors (Lipinski definition) is 1. The van der Waals surface area contributed by atoms with Crippen molar-refractivity contribution in [3.63, 3.8) is 0 Å². The van der Waals surface area contributed by atoms with Crippen LogP contribution in [-0.2, 0) is 6.54 Å². The van der Waals surface area contributed by atoms with Gasteiger partial charge in [-0.1, -0.05) is 6.07 Å². The first-order valence-corrected chi connectivity index (χ1v) is 6.93. The molecule has 3 heterocycles. The van der Waals surface area contributed by atoms with Gasteiger partial charge in [-0.15, -0.1) is 0 Å². The number of pyridine rings is 1. The van der Waals surface area contributed by atoms with E-state index in [1.165, 1.54) is 0 Å². The predicted molar refractivity (Wildman–Crippen MR) is 79.6 cm³/mol. The summed E-state index contributed by atoms with van der Waals surface area (Å²) in [6, 6.07) is 7.06. The number of imidazole rings is 1. The molecule has 0 aromatic carbocycles. The molecule has 0 aliphatic rings. The van der Waals surface area contributed by atoms with Crippen molar-refractivity contribution < 1.29 is 9.53 Å². The standard InChI is InChI=1S/C15H15N5O2/c1-2-22-15-11(4-3-7-17-15)10-18-14(21)12-5-6-13-16-8-9-20(13)19-12/h3-9H,2,10H2,1H3,(H,18,21). The zero-order chi connectivity index (χ0) is 15.4. The molecular weight excluding hydrogens is 282 g/mol. The number of amides is 1. The molecule has 0 unspecified atom stereocenters. The third-order valence-corrected chi connectivity index (χ3v) is 3.06. The van der Waals surface area contributed by atoms with Gasteiger partial charge >= 0.3 is 0 Å². The lowest BCUT2D eigenvalue weighted by molar-refractivity contribution is 0.0944. The lowest BCUT2D eigenvalue weighted by Crippen LogP contribution is -2.24. The maximum absolute atomic E-state index is 12.2. The number of fused-ring (bicyclic) bond motifs is 1. The number of nitrogens with zero attached hydrogens (tertiary/aromatic N) is 4. The average Bonchev–Trinajstić information content (AvgIpc) is 3.01. The third kappa shape index (κ3) is 2.88. The van der Waals surface area contributed by atoms with Crippen molar-refractivity contribution >= 4 is 11.6 Å². The highest BCUT2D eigenvalue weighted by Crippen LogP contribution is 2.14. The van der Waals surface area contributed by atoms with Crippen molar-refractivity contribution in [3.8, 4) is 5.88 Å². The summed E-state index contributed by atoms with van der Waals surface area (Å²) < 4.78 is 6.99. The lowest BCUT2D eigenvalue weighted by atomic mass is 10.2. The van der Waals surface area contributed by atoms with Gasteiger partial charge in [0.25, 0.3) is 5.91 Å². The van der Waals surface area contributed by atoms with Crippen LogP contribution in [0.3, 0.4) is 0 Å². The predicted octanol–water partition coefficient (Wildman–Crippen LogP) is 1.45. The molecule has 112 valence electrons. The van der Waals surface area contributed by atoms with E-state index in [1.807, 2.05) is 13.0 Å². The second-order valence-corrected chi connectivity index (χ2v) is 4.53. The van der Waals surface area contributed by atoms with Gasteiger partial charge < -0.3 is 10.1 Å². The first-order valence-electron chi connectivity index (χ1n) is 6.93. The van der Waals surface area contributed by atoms with Crippen LogP contribution in [-0.4, -0.2) is 32.1 Å². The molecule has 22 heavy (non-hydrogen) atoms. The van der Waals surface area contributed by atoms with E-state index in [0.717, 1.165) is 5.56 Å². The van der Waals surface area contributed by atoms with E-state index in [0.29, 0.717) is 30.4 Å². The smallest absolute Gasteiger partial charge is 0.272 e. The Balaban J connectivity index is 1.72. The van der Waals surface area contributed by atoms with Gasteiger partial charge in [-0.05, 0) is 25.1 Å². The number of hydrogen-bond acceptors (Lipinski definition) is 5. The molecule has 7 heteroatoms. The summed E-state index contributed by atoms with van der Waals surface area (Å²) in [5.74, 6) is 0.269. The van der Waals surface area contributed by atoms with Crippen LogP contribution in [0.1, 0.15) is 23.0 Å². The summed E-state index contributed by atoms with van der Waals surface area (Å²) in [6.45, 7) is 2.74. The van der Waals surface area contributed by atoms with E-state index in [-0.39, 0.29) is 5.91 Å². The van der Waals surface area contributed by atoms with Gasteiger partial charge in [0.1, 0.15) is 5.69 Å². The fourth-order valence-electron chi connectivity index (χ4n) is 2.03.